The molecule has 0 bridgehead atoms. The van der Waals surface area contributed by atoms with Crippen molar-refractivity contribution in [3.05, 3.63) is 82.7 Å². The number of ether oxygens (including phenoxy) is 1. The summed E-state index contributed by atoms with van der Waals surface area (Å²) >= 11 is 0. The number of aliphatic imine (C=N–C) groups is 1. The predicted molar refractivity (Wildman–Crippen MR) is 105 cm³/mol. The molecule has 0 saturated heterocycles. The van der Waals surface area contributed by atoms with Gasteiger partial charge in [0.2, 0.25) is 0 Å². The van der Waals surface area contributed by atoms with Gasteiger partial charge in [0.1, 0.15) is 0 Å². The molecule has 0 N–H and O–H groups in total. The van der Waals surface area contributed by atoms with E-state index in [1.165, 1.54) is 19.2 Å². The van der Waals surface area contributed by atoms with Gasteiger partial charge in [0.25, 0.3) is 0 Å². The van der Waals surface area contributed by atoms with Crippen LogP contribution in [0.25, 0.3) is 5.69 Å². The minimum absolute atomic E-state index is 0.108. The van der Waals surface area contributed by atoms with E-state index >= 15 is 0 Å². The molecule has 3 rings (SSSR count). The zero-order valence-corrected chi connectivity index (χ0v) is 15.8. The van der Waals surface area contributed by atoms with Gasteiger partial charge in [-0.2, -0.15) is 0 Å². The quantitative estimate of drug-likeness (QED) is 0.507. The molecule has 0 atom stereocenters. The Balaban J connectivity index is 1.97. The van der Waals surface area contributed by atoms with Crippen LogP contribution in [0.1, 0.15) is 37.7 Å². The lowest BCUT2D eigenvalue weighted by Crippen LogP contribution is -2.21. The molecule has 0 aliphatic heterocycles. The smallest absolute Gasteiger partial charge is 0.339 e. The van der Waals surface area contributed by atoms with E-state index in [-0.39, 0.29) is 5.56 Å². The molecule has 1 aromatic heterocycles. The Morgan fingerprint density at radius 1 is 1.07 bits per heavy atom. The predicted octanol–water partition coefficient (Wildman–Crippen LogP) is 2.99. The van der Waals surface area contributed by atoms with Crippen molar-refractivity contribution in [3.63, 3.8) is 0 Å². The van der Waals surface area contributed by atoms with Gasteiger partial charge in [-0.1, -0.05) is 24.3 Å². The summed E-state index contributed by atoms with van der Waals surface area (Å²) in [6.07, 6.45) is 1.72. The second-order valence-electron chi connectivity index (χ2n) is 6.26. The van der Waals surface area contributed by atoms with Gasteiger partial charge in [-0.15, -0.1) is 0 Å². The summed E-state index contributed by atoms with van der Waals surface area (Å²) < 4.78 is 6.87. The van der Waals surface area contributed by atoms with Gasteiger partial charge in [-0.25, -0.2) is 4.79 Å². The number of esters is 1. The van der Waals surface area contributed by atoms with Crippen LogP contribution in [-0.4, -0.2) is 29.8 Å². The first-order valence-corrected chi connectivity index (χ1v) is 8.64. The summed E-state index contributed by atoms with van der Waals surface area (Å²) in [5.41, 5.74) is 4.71. The lowest BCUT2D eigenvalue weighted by Gasteiger charge is -2.13. The molecule has 6 heteroatoms. The number of rotatable bonds is 5. The fourth-order valence-corrected chi connectivity index (χ4v) is 3.07. The number of para-hydroxylation sites is 1. The van der Waals surface area contributed by atoms with Gasteiger partial charge >= 0.3 is 5.97 Å². The fraction of sp³-hybridized carbons (Fsp3) is 0.136. The average molecular weight is 375 g/mol. The van der Waals surface area contributed by atoms with E-state index in [4.69, 9.17) is 4.74 Å². The highest BCUT2D eigenvalue weighted by Crippen LogP contribution is 2.24. The third-order valence-electron chi connectivity index (χ3n) is 4.48. The molecule has 0 fully saturated rings. The topological polar surface area (TPSA) is 83.7 Å². The third kappa shape index (κ3) is 3.71. The van der Waals surface area contributed by atoms with Crippen LogP contribution in [0.4, 0.5) is 5.69 Å². The van der Waals surface area contributed by atoms with Crippen LogP contribution in [0.5, 0.6) is 0 Å². The second-order valence-corrected chi connectivity index (χ2v) is 6.26. The highest BCUT2D eigenvalue weighted by molar-refractivity contribution is 5.94. The molecule has 2 aromatic carbocycles. The van der Waals surface area contributed by atoms with Crippen molar-refractivity contribution in [1.82, 2.24) is 4.57 Å². The number of hydrogen-bond donors (Lipinski definition) is 0. The van der Waals surface area contributed by atoms with Crippen molar-refractivity contribution >= 4 is 23.8 Å². The fourth-order valence-electron chi connectivity index (χ4n) is 3.07. The number of carboxylic acid groups (broad SMARTS) is 1. The molecular formula is C22H19N2O4-. The van der Waals surface area contributed by atoms with Crippen LogP contribution in [0.15, 0.2) is 59.6 Å². The molecule has 0 amide bonds. The van der Waals surface area contributed by atoms with E-state index in [1.54, 1.807) is 30.5 Å². The summed E-state index contributed by atoms with van der Waals surface area (Å²) in [4.78, 5) is 27.4. The molecule has 0 unspecified atom stereocenters. The Labute approximate surface area is 162 Å². The van der Waals surface area contributed by atoms with Crippen molar-refractivity contribution in [2.24, 2.45) is 4.99 Å². The normalized spacial score (nSPS) is 11.0. The maximum Gasteiger partial charge on any atom is 0.339 e. The van der Waals surface area contributed by atoms with Crippen LogP contribution in [0.3, 0.4) is 0 Å². The van der Waals surface area contributed by atoms with Gasteiger partial charge in [0.05, 0.1) is 30.0 Å². The molecule has 28 heavy (non-hydrogen) atoms. The number of carboxylic acids is 1. The zero-order chi connectivity index (χ0) is 20.3. The summed E-state index contributed by atoms with van der Waals surface area (Å²) in [5, 5.41) is 10.8. The van der Waals surface area contributed by atoms with E-state index < -0.39 is 11.9 Å². The minimum atomic E-state index is -1.22. The van der Waals surface area contributed by atoms with Crippen LogP contribution in [0.2, 0.25) is 0 Å². The molecule has 1 heterocycles. The highest BCUT2D eigenvalue weighted by atomic mass is 16.5. The first kappa shape index (κ1) is 19.1. The van der Waals surface area contributed by atoms with Crippen molar-refractivity contribution in [2.75, 3.05) is 7.11 Å². The number of carbonyl (C=O) groups excluding carboxylic acids is 2. The Morgan fingerprint density at radius 2 is 1.75 bits per heavy atom. The average Bonchev–Trinajstić information content (AvgIpc) is 2.99. The van der Waals surface area contributed by atoms with E-state index in [2.05, 4.69) is 4.99 Å². The maximum absolute atomic E-state index is 12.1. The lowest BCUT2D eigenvalue weighted by molar-refractivity contribution is -0.255. The molecule has 0 radical (unpaired) electrons. The standard InChI is InChI=1S/C22H20N2O4/c1-14-12-17(13-23-18-10-8-16(9-11-18)21(25)26)15(2)24(14)20-7-5-4-6-19(20)22(27)28-3/h4-13H,1-3H3,(H,25,26)/p-1. The largest absolute Gasteiger partial charge is 0.545 e. The van der Waals surface area contributed by atoms with Gasteiger partial charge in [-0.05, 0) is 49.7 Å². The maximum atomic E-state index is 12.1. The third-order valence-corrected chi connectivity index (χ3v) is 4.48. The highest BCUT2D eigenvalue weighted by Gasteiger charge is 2.16. The molecule has 0 aliphatic carbocycles. The Hall–Kier alpha value is -3.67. The molecule has 3 aromatic rings. The number of nitrogens with zero attached hydrogens (tertiary/aromatic N) is 2. The number of carbonyl (C=O) groups is 2. The van der Waals surface area contributed by atoms with Crippen LogP contribution < -0.4 is 5.11 Å². The molecule has 0 saturated carbocycles. The first-order valence-electron chi connectivity index (χ1n) is 8.64. The first-order chi connectivity index (χ1) is 13.4. The Morgan fingerprint density at radius 3 is 2.39 bits per heavy atom. The van der Waals surface area contributed by atoms with Crippen molar-refractivity contribution in [2.45, 2.75) is 13.8 Å². The summed E-state index contributed by atoms with van der Waals surface area (Å²) in [5.74, 6) is -1.62. The number of aromatic carboxylic acids is 1. The van der Waals surface area contributed by atoms with Gasteiger partial charge in [0.15, 0.2) is 0 Å². The van der Waals surface area contributed by atoms with Gasteiger partial charge in [-0.3, -0.25) is 4.99 Å². The molecule has 0 spiro atoms. The van der Waals surface area contributed by atoms with E-state index in [9.17, 15) is 14.7 Å². The Kier molecular flexibility index (Phi) is 5.40. The molecule has 142 valence electrons. The van der Waals surface area contributed by atoms with Crippen LogP contribution >= 0.6 is 0 Å². The van der Waals surface area contributed by atoms with Crippen molar-refractivity contribution in [1.29, 1.82) is 0 Å². The number of hydrogen-bond acceptors (Lipinski definition) is 5. The lowest BCUT2D eigenvalue weighted by atomic mass is 10.1. The zero-order valence-electron chi connectivity index (χ0n) is 15.8. The molecule has 0 aliphatic rings. The summed E-state index contributed by atoms with van der Waals surface area (Å²) in [6.45, 7) is 3.90. The number of aromatic nitrogens is 1. The van der Waals surface area contributed by atoms with Crippen molar-refractivity contribution < 1.29 is 19.4 Å². The van der Waals surface area contributed by atoms with Gasteiger partial charge in [0, 0.05) is 23.2 Å². The van der Waals surface area contributed by atoms with Gasteiger partial charge < -0.3 is 19.2 Å². The van der Waals surface area contributed by atoms with Crippen LogP contribution in [0, 0.1) is 13.8 Å². The van der Waals surface area contributed by atoms with Crippen molar-refractivity contribution in [3.8, 4) is 5.69 Å². The van der Waals surface area contributed by atoms with E-state index in [1.807, 2.05) is 36.6 Å². The SMILES string of the molecule is COC(=O)c1ccccc1-n1c(C)cc(C=Nc2ccc(C(=O)[O-])cc2)c1C. The molecular weight excluding hydrogens is 356 g/mol. The minimum Gasteiger partial charge on any atom is -0.545 e. The summed E-state index contributed by atoms with van der Waals surface area (Å²) in [7, 11) is 1.36. The number of benzene rings is 2. The Bertz CT molecular complexity index is 1060. The van der Waals surface area contributed by atoms with E-state index in [0.29, 0.717) is 11.3 Å². The number of aryl methyl sites for hydroxylation is 1. The monoisotopic (exact) mass is 375 g/mol. The number of methoxy groups -OCH3 is 1. The second kappa shape index (κ2) is 7.92. The molecule has 6 nitrogen and oxygen atoms in total. The van der Waals surface area contributed by atoms with E-state index in [0.717, 1.165) is 22.6 Å². The summed E-state index contributed by atoms with van der Waals surface area (Å²) in [6, 6.07) is 15.4. The van der Waals surface area contributed by atoms with Crippen LogP contribution in [-0.2, 0) is 4.74 Å².